The zero-order valence-electron chi connectivity index (χ0n) is 36.1. The first-order valence-corrected chi connectivity index (χ1v) is 24.1. The van der Waals surface area contributed by atoms with Gasteiger partial charge in [0.1, 0.15) is 0 Å². The molecule has 0 bridgehead atoms. The molecule has 0 aromatic heterocycles. The van der Waals surface area contributed by atoms with Gasteiger partial charge in [0.25, 0.3) is 0 Å². The van der Waals surface area contributed by atoms with E-state index in [-0.39, 0.29) is 12.5 Å². The van der Waals surface area contributed by atoms with E-state index < -0.39 is 12.1 Å². The van der Waals surface area contributed by atoms with Crippen molar-refractivity contribution in [2.24, 2.45) is 0 Å². The summed E-state index contributed by atoms with van der Waals surface area (Å²) in [7, 11) is 0. The Morgan fingerprint density at radius 2 is 0.717 bits per heavy atom. The highest BCUT2D eigenvalue weighted by Gasteiger charge is 2.18. The van der Waals surface area contributed by atoms with E-state index in [1.54, 1.807) is 6.08 Å². The third kappa shape index (κ3) is 41.9. The van der Waals surface area contributed by atoms with Crippen LogP contribution in [0.2, 0.25) is 0 Å². The summed E-state index contributed by atoms with van der Waals surface area (Å²) in [5.74, 6) is -0.0634. The molecule has 0 saturated heterocycles. The molecule has 3 N–H and O–H groups in total. The van der Waals surface area contributed by atoms with Gasteiger partial charge in [-0.1, -0.05) is 237 Å². The third-order valence-electron chi connectivity index (χ3n) is 11.2. The van der Waals surface area contributed by atoms with Crippen molar-refractivity contribution in [3.05, 3.63) is 24.3 Å². The molecule has 2 unspecified atom stereocenters. The molecule has 1 amide bonds. The number of allylic oxidation sites excluding steroid dienone is 3. The van der Waals surface area contributed by atoms with Crippen molar-refractivity contribution in [3.63, 3.8) is 0 Å². The van der Waals surface area contributed by atoms with Crippen LogP contribution in [-0.2, 0) is 4.79 Å². The molecule has 4 nitrogen and oxygen atoms in total. The van der Waals surface area contributed by atoms with Crippen molar-refractivity contribution in [2.75, 3.05) is 6.61 Å². The summed E-state index contributed by atoms with van der Waals surface area (Å²) in [4.78, 5) is 12.3. The zero-order valence-corrected chi connectivity index (χ0v) is 36.1. The number of rotatable bonds is 44. The van der Waals surface area contributed by atoms with Gasteiger partial charge >= 0.3 is 0 Å². The van der Waals surface area contributed by atoms with E-state index in [9.17, 15) is 15.0 Å². The van der Waals surface area contributed by atoms with Gasteiger partial charge in [-0.15, -0.1) is 0 Å². The van der Waals surface area contributed by atoms with Crippen LogP contribution >= 0.6 is 0 Å². The molecular weight excluding hydrogens is 651 g/mol. The fraction of sp³-hybridized carbons (Fsp3) is 0.898. The Hall–Kier alpha value is -1.13. The highest BCUT2D eigenvalue weighted by atomic mass is 16.3. The van der Waals surface area contributed by atoms with E-state index in [1.165, 1.54) is 218 Å². The van der Waals surface area contributed by atoms with Gasteiger partial charge in [-0.3, -0.25) is 4.79 Å². The molecule has 0 aliphatic rings. The van der Waals surface area contributed by atoms with Crippen LogP contribution in [0.1, 0.15) is 264 Å². The lowest BCUT2D eigenvalue weighted by Crippen LogP contribution is -2.45. The Labute approximate surface area is 332 Å². The van der Waals surface area contributed by atoms with Gasteiger partial charge in [0.15, 0.2) is 0 Å². The van der Waals surface area contributed by atoms with Crippen molar-refractivity contribution in [1.29, 1.82) is 0 Å². The summed E-state index contributed by atoms with van der Waals surface area (Å²) >= 11 is 0. The maximum absolute atomic E-state index is 12.3. The lowest BCUT2D eigenvalue weighted by atomic mass is 10.0. The van der Waals surface area contributed by atoms with Gasteiger partial charge in [-0.2, -0.15) is 0 Å². The molecule has 0 saturated carbocycles. The maximum Gasteiger partial charge on any atom is 0.220 e. The van der Waals surface area contributed by atoms with E-state index in [4.69, 9.17) is 0 Å². The van der Waals surface area contributed by atoms with Crippen LogP contribution in [-0.4, -0.2) is 34.9 Å². The Morgan fingerprint density at radius 3 is 1.04 bits per heavy atom. The molecule has 314 valence electrons. The summed E-state index contributed by atoms with van der Waals surface area (Å²) in [5, 5.41) is 22.9. The second kappa shape index (κ2) is 45.3. The second-order valence-electron chi connectivity index (χ2n) is 16.5. The molecule has 0 heterocycles. The number of amides is 1. The minimum atomic E-state index is -0.834. The molecule has 0 radical (unpaired) electrons. The molecule has 0 spiro atoms. The Morgan fingerprint density at radius 1 is 0.434 bits per heavy atom. The molecule has 0 aromatic carbocycles. The quantitative estimate of drug-likeness (QED) is 0.0430. The highest BCUT2D eigenvalue weighted by molar-refractivity contribution is 5.76. The normalized spacial score (nSPS) is 13.1. The third-order valence-corrected chi connectivity index (χ3v) is 11.2. The lowest BCUT2D eigenvalue weighted by molar-refractivity contribution is -0.123. The number of carbonyl (C=O) groups is 1. The first kappa shape index (κ1) is 51.9. The number of aliphatic hydroxyl groups is 2. The Kier molecular flexibility index (Phi) is 44.3. The van der Waals surface area contributed by atoms with Crippen LogP contribution in [0.5, 0.6) is 0 Å². The van der Waals surface area contributed by atoms with Crippen LogP contribution in [0.25, 0.3) is 0 Å². The first-order chi connectivity index (χ1) is 26.2. The summed E-state index contributed by atoms with van der Waals surface area (Å²) in [6, 6.07) is -0.617. The fourth-order valence-corrected chi connectivity index (χ4v) is 7.47. The number of carbonyl (C=O) groups excluding carboxylic acids is 1. The van der Waals surface area contributed by atoms with Crippen LogP contribution in [0, 0.1) is 0 Å². The molecule has 2 atom stereocenters. The number of nitrogens with one attached hydrogen (secondary N) is 1. The fourth-order valence-electron chi connectivity index (χ4n) is 7.47. The first-order valence-electron chi connectivity index (χ1n) is 24.1. The summed E-state index contributed by atoms with van der Waals surface area (Å²) in [6.45, 7) is 4.29. The van der Waals surface area contributed by atoms with Crippen LogP contribution < -0.4 is 5.32 Å². The van der Waals surface area contributed by atoms with Crippen LogP contribution in [0.4, 0.5) is 0 Å². The van der Waals surface area contributed by atoms with Gasteiger partial charge in [0.05, 0.1) is 18.8 Å². The van der Waals surface area contributed by atoms with Gasteiger partial charge in [-0.25, -0.2) is 0 Å². The van der Waals surface area contributed by atoms with Crippen molar-refractivity contribution in [3.8, 4) is 0 Å². The van der Waals surface area contributed by atoms with Crippen molar-refractivity contribution in [1.82, 2.24) is 5.32 Å². The lowest BCUT2D eigenvalue weighted by Gasteiger charge is -2.20. The van der Waals surface area contributed by atoms with E-state index >= 15 is 0 Å². The van der Waals surface area contributed by atoms with E-state index in [2.05, 4.69) is 31.3 Å². The van der Waals surface area contributed by atoms with Crippen LogP contribution in [0.3, 0.4) is 0 Å². The molecule has 53 heavy (non-hydrogen) atoms. The predicted octanol–water partition coefficient (Wildman–Crippen LogP) is 15.2. The average Bonchev–Trinajstić information content (AvgIpc) is 3.16. The predicted molar refractivity (Wildman–Crippen MR) is 235 cm³/mol. The number of aliphatic hydroxyl groups excluding tert-OH is 2. The van der Waals surface area contributed by atoms with Gasteiger partial charge in [0, 0.05) is 6.42 Å². The molecule has 0 aromatic rings. The highest BCUT2D eigenvalue weighted by Crippen LogP contribution is 2.16. The number of hydrogen-bond donors (Lipinski definition) is 3. The van der Waals surface area contributed by atoms with Gasteiger partial charge in [0.2, 0.25) is 5.91 Å². The standard InChI is InChI=1S/C49H95NO3/c1-3-5-7-9-11-13-14-15-16-17-18-19-20-21-22-23-24-25-26-27-28-29-30-31-32-33-34-35-37-39-41-43-45-49(53)50-47(46-51)48(52)44-42-40-38-36-12-10-8-6-4-2/h21-22,42,44,47-48,51-52H,3-20,23-41,43,45-46H2,1-2H3,(H,50,53)/b22-21-,44-42+. The van der Waals surface area contributed by atoms with E-state index in [1.807, 2.05) is 6.08 Å². The maximum atomic E-state index is 12.3. The minimum Gasteiger partial charge on any atom is -0.394 e. The van der Waals surface area contributed by atoms with Crippen molar-refractivity contribution >= 4 is 5.91 Å². The molecule has 0 aliphatic heterocycles. The topological polar surface area (TPSA) is 69.6 Å². The average molecular weight is 746 g/mol. The van der Waals surface area contributed by atoms with Crippen molar-refractivity contribution in [2.45, 2.75) is 276 Å². The van der Waals surface area contributed by atoms with E-state index in [0.29, 0.717) is 6.42 Å². The Balaban J connectivity index is 3.39. The van der Waals surface area contributed by atoms with Gasteiger partial charge < -0.3 is 15.5 Å². The zero-order chi connectivity index (χ0) is 38.6. The molecule has 0 rings (SSSR count). The summed E-state index contributed by atoms with van der Waals surface area (Å²) < 4.78 is 0. The molecule has 0 aliphatic carbocycles. The summed E-state index contributed by atoms with van der Waals surface area (Å²) in [5.41, 5.74) is 0. The smallest absolute Gasteiger partial charge is 0.220 e. The minimum absolute atomic E-state index is 0.0634. The molecular formula is C49H95NO3. The Bertz CT molecular complexity index is 765. The number of hydrogen-bond acceptors (Lipinski definition) is 3. The van der Waals surface area contributed by atoms with Gasteiger partial charge in [-0.05, 0) is 44.9 Å². The molecule has 0 fully saturated rings. The molecule has 4 heteroatoms. The SMILES string of the molecule is CCCCCCCCC/C=C/C(O)C(CO)NC(=O)CCCCCCCCCCCCCCCCCC/C=C\CCCCCCCCCCCCCC. The second-order valence-corrected chi connectivity index (χ2v) is 16.5. The van der Waals surface area contributed by atoms with E-state index in [0.717, 1.165) is 25.7 Å². The van der Waals surface area contributed by atoms with Crippen LogP contribution in [0.15, 0.2) is 24.3 Å². The summed E-state index contributed by atoms with van der Waals surface area (Å²) in [6.07, 6.45) is 59.0. The monoisotopic (exact) mass is 746 g/mol. The number of unbranched alkanes of at least 4 members (excludes halogenated alkanes) is 35. The van der Waals surface area contributed by atoms with Crippen molar-refractivity contribution < 1.29 is 15.0 Å². The largest absolute Gasteiger partial charge is 0.394 e.